The topological polar surface area (TPSA) is 71.0 Å². The zero-order valence-corrected chi connectivity index (χ0v) is 13.5. The van der Waals surface area contributed by atoms with Gasteiger partial charge in [-0.05, 0) is 38.4 Å². The van der Waals surface area contributed by atoms with Crippen LogP contribution >= 0.6 is 0 Å². The standard InChI is InChI=1S/C17H24N2O4/c1-19-7-4-14(11-19)23-13-2-3-15(17(20)21)16(10-13)18-12-5-8-22-9-6-12/h2-3,10,12,14,18H,4-9,11H2,1H3,(H,20,21)/t14-/m0/s1. The Morgan fingerprint density at radius 2 is 2.13 bits per heavy atom. The van der Waals surface area contributed by atoms with Gasteiger partial charge in [0.05, 0.1) is 11.3 Å². The first-order valence-electron chi connectivity index (χ1n) is 8.18. The van der Waals surface area contributed by atoms with Crippen molar-refractivity contribution in [1.82, 2.24) is 4.90 Å². The van der Waals surface area contributed by atoms with Gasteiger partial charge in [-0.25, -0.2) is 4.79 Å². The van der Waals surface area contributed by atoms with Gasteiger partial charge in [0.25, 0.3) is 0 Å². The number of rotatable bonds is 5. The van der Waals surface area contributed by atoms with Crippen molar-refractivity contribution in [2.24, 2.45) is 0 Å². The number of likely N-dealkylation sites (tertiary alicyclic amines) is 1. The van der Waals surface area contributed by atoms with Gasteiger partial charge >= 0.3 is 5.97 Å². The summed E-state index contributed by atoms with van der Waals surface area (Å²) in [6.45, 7) is 3.36. The van der Waals surface area contributed by atoms with E-state index in [1.54, 1.807) is 12.1 Å². The summed E-state index contributed by atoms with van der Waals surface area (Å²) >= 11 is 0. The van der Waals surface area contributed by atoms with Crippen molar-refractivity contribution in [2.75, 3.05) is 38.7 Å². The minimum Gasteiger partial charge on any atom is -0.489 e. The zero-order chi connectivity index (χ0) is 16.2. The average Bonchev–Trinajstić information content (AvgIpc) is 2.93. The molecule has 1 atom stereocenters. The molecule has 126 valence electrons. The third kappa shape index (κ3) is 4.14. The SMILES string of the molecule is CN1CC[C@H](Oc2ccc(C(=O)O)c(NC3CCOCC3)c2)C1. The quantitative estimate of drug-likeness (QED) is 0.865. The summed E-state index contributed by atoms with van der Waals surface area (Å²) < 4.78 is 11.4. The maximum Gasteiger partial charge on any atom is 0.337 e. The van der Waals surface area contributed by atoms with Gasteiger partial charge in [0.2, 0.25) is 0 Å². The van der Waals surface area contributed by atoms with Gasteiger partial charge in [0, 0.05) is 38.4 Å². The molecule has 2 aliphatic heterocycles. The van der Waals surface area contributed by atoms with E-state index in [-0.39, 0.29) is 17.7 Å². The Labute approximate surface area is 136 Å². The van der Waals surface area contributed by atoms with Crippen molar-refractivity contribution in [3.63, 3.8) is 0 Å². The molecular weight excluding hydrogens is 296 g/mol. The maximum absolute atomic E-state index is 11.5. The Hall–Kier alpha value is -1.79. The molecule has 6 heteroatoms. The van der Waals surface area contributed by atoms with Crippen LogP contribution in [0.4, 0.5) is 5.69 Å². The number of carbonyl (C=O) groups is 1. The van der Waals surface area contributed by atoms with E-state index in [0.29, 0.717) is 18.9 Å². The molecule has 0 bridgehead atoms. The fourth-order valence-electron chi connectivity index (χ4n) is 3.15. The van der Waals surface area contributed by atoms with Crippen LogP contribution in [-0.4, -0.2) is 61.5 Å². The molecule has 0 aromatic heterocycles. The molecule has 2 heterocycles. The Balaban J connectivity index is 1.74. The van der Waals surface area contributed by atoms with Crippen molar-refractivity contribution in [1.29, 1.82) is 0 Å². The lowest BCUT2D eigenvalue weighted by Gasteiger charge is -2.25. The monoisotopic (exact) mass is 320 g/mol. The van der Waals surface area contributed by atoms with E-state index in [9.17, 15) is 9.90 Å². The number of carboxylic acids is 1. The lowest BCUT2D eigenvalue weighted by atomic mass is 10.1. The Morgan fingerprint density at radius 1 is 1.35 bits per heavy atom. The fraction of sp³-hybridized carbons (Fsp3) is 0.588. The molecule has 0 aliphatic carbocycles. The molecule has 2 saturated heterocycles. The summed E-state index contributed by atoms with van der Waals surface area (Å²) in [5, 5.41) is 12.7. The number of likely N-dealkylation sites (N-methyl/N-ethyl adjacent to an activating group) is 1. The summed E-state index contributed by atoms with van der Waals surface area (Å²) in [4.78, 5) is 13.7. The van der Waals surface area contributed by atoms with Crippen LogP contribution in [0.25, 0.3) is 0 Å². The van der Waals surface area contributed by atoms with E-state index in [0.717, 1.165) is 38.1 Å². The van der Waals surface area contributed by atoms with Crippen molar-refractivity contribution in [2.45, 2.75) is 31.4 Å². The van der Waals surface area contributed by atoms with Crippen LogP contribution in [-0.2, 0) is 4.74 Å². The van der Waals surface area contributed by atoms with Crippen LogP contribution in [0.15, 0.2) is 18.2 Å². The minimum absolute atomic E-state index is 0.173. The molecule has 3 rings (SSSR count). The van der Waals surface area contributed by atoms with Gasteiger partial charge in [-0.15, -0.1) is 0 Å². The summed E-state index contributed by atoms with van der Waals surface area (Å²) in [7, 11) is 2.08. The second kappa shape index (κ2) is 7.19. The van der Waals surface area contributed by atoms with Crippen molar-refractivity contribution in [3.8, 4) is 5.75 Å². The minimum atomic E-state index is -0.924. The van der Waals surface area contributed by atoms with Gasteiger partial charge in [-0.1, -0.05) is 0 Å². The highest BCUT2D eigenvalue weighted by atomic mass is 16.5. The van der Waals surface area contributed by atoms with Gasteiger partial charge in [0.15, 0.2) is 0 Å². The third-order valence-corrected chi connectivity index (χ3v) is 4.45. The number of carboxylic acid groups (broad SMARTS) is 1. The van der Waals surface area contributed by atoms with E-state index in [1.165, 1.54) is 0 Å². The smallest absolute Gasteiger partial charge is 0.337 e. The van der Waals surface area contributed by atoms with Crippen molar-refractivity contribution in [3.05, 3.63) is 23.8 Å². The summed E-state index contributed by atoms with van der Waals surface area (Å²) in [5.74, 6) is -0.198. The van der Waals surface area contributed by atoms with Gasteiger partial charge in [0.1, 0.15) is 11.9 Å². The first-order valence-corrected chi connectivity index (χ1v) is 8.18. The highest BCUT2D eigenvalue weighted by Crippen LogP contribution is 2.27. The number of benzene rings is 1. The molecule has 2 N–H and O–H groups in total. The molecule has 0 saturated carbocycles. The summed E-state index contributed by atoms with van der Waals surface area (Å²) in [6.07, 6.45) is 2.95. The van der Waals surface area contributed by atoms with Crippen molar-refractivity contribution >= 4 is 11.7 Å². The van der Waals surface area contributed by atoms with E-state index in [2.05, 4.69) is 17.3 Å². The van der Waals surface area contributed by atoms with Crippen molar-refractivity contribution < 1.29 is 19.4 Å². The Kier molecular flexibility index (Phi) is 5.03. The first kappa shape index (κ1) is 16.1. The predicted octanol–water partition coefficient (Wildman–Crippen LogP) is 2.06. The highest BCUT2D eigenvalue weighted by Gasteiger charge is 2.22. The number of ether oxygens (including phenoxy) is 2. The molecule has 2 fully saturated rings. The number of nitrogens with one attached hydrogen (secondary N) is 1. The summed E-state index contributed by atoms with van der Waals surface area (Å²) in [5.41, 5.74) is 0.917. The zero-order valence-electron chi connectivity index (χ0n) is 13.5. The summed E-state index contributed by atoms with van der Waals surface area (Å²) in [6, 6.07) is 5.43. The van der Waals surface area contributed by atoms with Gasteiger partial charge in [-0.3, -0.25) is 0 Å². The highest BCUT2D eigenvalue weighted by molar-refractivity contribution is 5.94. The molecule has 2 aliphatic rings. The lowest BCUT2D eigenvalue weighted by molar-refractivity contribution is 0.0697. The van der Waals surface area contributed by atoms with Crippen LogP contribution in [0, 0.1) is 0 Å². The molecule has 0 spiro atoms. The van der Waals surface area contributed by atoms with Crippen LogP contribution in [0.1, 0.15) is 29.6 Å². The van der Waals surface area contributed by atoms with E-state index >= 15 is 0 Å². The van der Waals surface area contributed by atoms with Crippen LogP contribution in [0.5, 0.6) is 5.75 Å². The fourth-order valence-corrected chi connectivity index (χ4v) is 3.15. The van der Waals surface area contributed by atoms with E-state index < -0.39 is 5.97 Å². The normalized spacial score (nSPS) is 22.9. The van der Waals surface area contributed by atoms with E-state index in [1.807, 2.05) is 6.07 Å². The average molecular weight is 320 g/mol. The molecule has 23 heavy (non-hydrogen) atoms. The van der Waals surface area contributed by atoms with Crippen LogP contribution in [0.2, 0.25) is 0 Å². The number of nitrogens with zero attached hydrogens (tertiary/aromatic N) is 1. The largest absolute Gasteiger partial charge is 0.489 e. The molecule has 0 radical (unpaired) electrons. The third-order valence-electron chi connectivity index (χ3n) is 4.45. The van der Waals surface area contributed by atoms with E-state index in [4.69, 9.17) is 9.47 Å². The second-order valence-corrected chi connectivity index (χ2v) is 6.33. The number of hydrogen-bond donors (Lipinski definition) is 2. The first-order chi connectivity index (χ1) is 11.1. The Bertz CT molecular complexity index is 558. The molecule has 6 nitrogen and oxygen atoms in total. The van der Waals surface area contributed by atoms with Crippen LogP contribution < -0.4 is 10.1 Å². The second-order valence-electron chi connectivity index (χ2n) is 6.33. The Morgan fingerprint density at radius 3 is 2.78 bits per heavy atom. The van der Waals surface area contributed by atoms with Crippen LogP contribution in [0.3, 0.4) is 0 Å². The maximum atomic E-state index is 11.5. The molecule has 1 aromatic rings. The predicted molar refractivity (Wildman–Crippen MR) is 87.4 cm³/mol. The number of hydrogen-bond acceptors (Lipinski definition) is 5. The molecule has 0 amide bonds. The number of anilines is 1. The van der Waals surface area contributed by atoms with Gasteiger partial charge in [-0.2, -0.15) is 0 Å². The molecule has 0 unspecified atom stereocenters. The molecule has 1 aromatic carbocycles. The molecular formula is C17H24N2O4. The van der Waals surface area contributed by atoms with Gasteiger partial charge < -0.3 is 24.8 Å². The lowest BCUT2D eigenvalue weighted by Crippen LogP contribution is -2.28. The number of aromatic carboxylic acids is 1.